The lowest BCUT2D eigenvalue weighted by Gasteiger charge is -2.58. The van der Waals surface area contributed by atoms with Gasteiger partial charge in [-0.3, -0.25) is 0 Å². The molecule has 0 aliphatic heterocycles. The Kier molecular flexibility index (Phi) is 6.13. The van der Waals surface area contributed by atoms with Crippen molar-refractivity contribution in [3.8, 4) is 0 Å². The van der Waals surface area contributed by atoms with Crippen LogP contribution < -0.4 is 5.90 Å². The summed E-state index contributed by atoms with van der Waals surface area (Å²) in [5, 5.41) is 19.7. The zero-order valence-electron chi connectivity index (χ0n) is 15.8. The molecule has 2 saturated carbocycles. The first-order valence-electron chi connectivity index (χ1n) is 9.25. The van der Waals surface area contributed by atoms with Crippen molar-refractivity contribution < 1.29 is 19.8 Å². The lowest BCUT2D eigenvalue weighted by molar-refractivity contribution is -0.174. The van der Waals surface area contributed by atoms with Gasteiger partial charge in [0.25, 0.3) is 0 Å². The lowest BCUT2D eigenvalue weighted by atomic mass is 9.46. The Morgan fingerprint density at radius 3 is 2.72 bits per heavy atom. The van der Waals surface area contributed by atoms with Crippen LogP contribution in [0.25, 0.3) is 0 Å². The van der Waals surface area contributed by atoms with E-state index in [2.05, 4.69) is 18.3 Å². The molecule has 5 atom stereocenters. The highest BCUT2D eigenvalue weighted by Crippen LogP contribution is 2.62. The van der Waals surface area contributed by atoms with Gasteiger partial charge in [-0.25, -0.2) is 4.79 Å². The number of fused-ring (bicyclic) bond motifs is 1. The molecule has 0 aromatic heterocycles. The average molecular weight is 351 g/mol. The van der Waals surface area contributed by atoms with Crippen LogP contribution in [0.15, 0.2) is 23.8 Å². The number of carbonyl (C=O) groups is 1. The Labute approximate surface area is 150 Å². The van der Waals surface area contributed by atoms with Crippen molar-refractivity contribution in [2.24, 2.45) is 28.6 Å². The fourth-order valence-corrected chi connectivity index (χ4v) is 5.41. The normalized spacial score (nSPS) is 39.0. The molecule has 2 fully saturated rings. The van der Waals surface area contributed by atoms with Gasteiger partial charge >= 0.3 is 5.97 Å². The Morgan fingerprint density at radius 1 is 1.44 bits per heavy atom. The molecule has 0 aromatic carbocycles. The van der Waals surface area contributed by atoms with Gasteiger partial charge in [-0.15, -0.1) is 0 Å². The summed E-state index contributed by atoms with van der Waals surface area (Å²) in [5.41, 5.74) is 1.23. The van der Waals surface area contributed by atoms with Gasteiger partial charge in [-0.1, -0.05) is 31.6 Å². The van der Waals surface area contributed by atoms with Crippen LogP contribution in [0.1, 0.15) is 59.3 Å². The van der Waals surface area contributed by atoms with Crippen molar-refractivity contribution in [3.05, 3.63) is 23.8 Å². The highest BCUT2D eigenvalue weighted by molar-refractivity contribution is 5.77. The smallest absolute Gasteiger partial charge is 0.330 e. The number of rotatable bonds is 5. The maximum absolute atomic E-state index is 12.4. The van der Waals surface area contributed by atoms with Crippen LogP contribution in [0.3, 0.4) is 0 Å². The lowest BCUT2D eigenvalue weighted by Crippen LogP contribution is -2.56. The van der Waals surface area contributed by atoms with Crippen LogP contribution in [0.2, 0.25) is 0 Å². The molecule has 0 heterocycles. The minimum Gasteiger partial charge on any atom is -0.392 e. The third kappa shape index (κ3) is 3.55. The van der Waals surface area contributed by atoms with Crippen LogP contribution in [-0.4, -0.2) is 28.9 Å². The Morgan fingerprint density at radius 2 is 2.12 bits per heavy atom. The maximum Gasteiger partial charge on any atom is 0.330 e. The second-order valence-corrected chi connectivity index (χ2v) is 8.39. The fourth-order valence-electron chi connectivity index (χ4n) is 5.41. The molecular formula is C20H33NO4. The fraction of sp³-hybridized carbons (Fsp3) is 0.750. The second kappa shape index (κ2) is 7.60. The molecule has 2 aliphatic rings. The van der Waals surface area contributed by atoms with Crippen molar-refractivity contribution in [2.45, 2.75) is 65.4 Å². The van der Waals surface area contributed by atoms with Gasteiger partial charge in [0.15, 0.2) is 0 Å². The maximum atomic E-state index is 12.4. The molecular weight excluding hydrogens is 318 g/mol. The molecule has 0 aromatic rings. The van der Waals surface area contributed by atoms with Gasteiger partial charge in [0.2, 0.25) is 0 Å². The van der Waals surface area contributed by atoms with E-state index in [4.69, 9.17) is 11.0 Å². The minimum atomic E-state index is -0.669. The van der Waals surface area contributed by atoms with Crippen LogP contribution in [0.5, 0.6) is 0 Å². The van der Waals surface area contributed by atoms with Crippen molar-refractivity contribution in [2.75, 3.05) is 6.61 Å². The highest BCUT2D eigenvalue weighted by atomic mass is 16.7. The van der Waals surface area contributed by atoms with E-state index >= 15 is 0 Å². The Balaban J connectivity index is 2.34. The van der Waals surface area contributed by atoms with E-state index in [1.807, 2.05) is 19.9 Å². The van der Waals surface area contributed by atoms with Crippen LogP contribution in [-0.2, 0) is 9.63 Å². The summed E-state index contributed by atoms with van der Waals surface area (Å²) in [6.45, 7) is 10.4. The number of carbonyl (C=O) groups excluding carboxylic acids is 1. The summed E-state index contributed by atoms with van der Waals surface area (Å²) in [5.74, 6) is 4.99. The molecule has 2 rings (SSSR count). The van der Waals surface area contributed by atoms with Crippen molar-refractivity contribution in [1.29, 1.82) is 0 Å². The first-order chi connectivity index (χ1) is 11.7. The predicted molar refractivity (Wildman–Crippen MR) is 97.2 cm³/mol. The zero-order valence-corrected chi connectivity index (χ0v) is 15.8. The topological polar surface area (TPSA) is 92.8 Å². The first kappa shape index (κ1) is 20.1. The second-order valence-electron chi connectivity index (χ2n) is 8.39. The van der Waals surface area contributed by atoms with Crippen molar-refractivity contribution >= 4 is 5.97 Å². The van der Waals surface area contributed by atoms with Crippen LogP contribution in [0.4, 0.5) is 0 Å². The monoisotopic (exact) mass is 351 g/mol. The third-order valence-corrected chi connectivity index (χ3v) is 6.95. The summed E-state index contributed by atoms with van der Waals surface area (Å²) in [6, 6.07) is 0. The van der Waals surface area contributed by atoms with E-state index in [9.17, 15) is 9.90 Å². The third-order valence-electron chi connectivity index (χ3n) is 6.95. The molecule has 0 radical (unpaired) electrons. The Bertz CT molecular complexity index is 558. The summed E-state index contributed by atoms with van der Waals surface area (Å²) in [7, 11) is 0. The molecule has 2 unspecified atom stereocenters. The van der Waals surface area contributed by atoms with Gasteiger partial charge in [-0.2, -0.15) is 5.90 Å². The average Bonchev–Trinajstić information content (AvgIpc) is 2.56. The summed E-state index contributed by atoms with van der Waals surface area (Å²) >= 11 is 0. The largest absolute Gasteiger partial charge is 0.392 e. The molecule has 0 saturated heterocycles. The molecule has 0 bridgehead atoms. The highest BCUT2D eigenvalue weighted by Gasteiger charge is 2.59. The predicted octanol–water partition coefficient (Wildman–Crippen LogP) is 2.87. The number of aliphatic hydroxyl groups is 2. The van der Waals surface area contributed by atoms with E-state index in [-0.39, 0.29) is 29.8 Å². The van der Waals surface area contributed by atoms with Crippen molar-refractivity contribution in [1.82, 2.24) is 0 Å². The van der Waals surface area contributed by atoms with Gasteiger partial charge < -0.3 is 15.1 Å². The number of hydrogen-bond donors (Lipinski definition) is 3. The van der Waals surface area contributed by atoms with Crippen molar-refractivity contribution in [3.63, 3.8) is 0 Å². The van der Waals surface area contributed by atoms with Gasteiger partial charge in [0.1, 0.15) is 0 Å². The van der Waals surface area contributed by atoms with Gasteiger partial charge in [-0.05, 0) is 68.8 Å². The molecule has 25 heavy (non-hydrogen) atoms. The van der Waals surface area contributed by atoms with E-state index < -0.39 is 11.5 Å². The number of allylic oxidation sites excluding steroid dienone is 1. The molecule has 2 aliphatic carbocycles. The number of nitrogens with two attached hydrogens (primary N) is 1. The summed E-state index contributed by atoms with van der Waals surface area (Å²) < 4.78 is 0. The molecule has 0 amide bonds. The molecule has 0 spiro atoms. The summed E-state index contributed by atoms with van der Waals surface area (Å²) in [4.78, 5) is 17.1. The van der Waals surface area contributed by atoms with E-state index in [0.29, 0.717) is 6.42 Å². The van der Waals surface area contributed by atoms with Gasteiger partial charge in [0, 0.05) is 0 Å². The quantitative estimate of drug-likeness (QED) is 0.523. The van der Waals surface area contributed by atoms with Gasteiger partial charge in [0.05, 0.1) is 18.1 Å². The molecule has 5 heteroatoms. The standard InChI is InChI=1S/C20H33NO4/c1-13(8-11-22)6-7-15-14(2)16(23)12-17-19(15,3)9-5-10-20(17,4)18(24)25-21/h8,15-17,22-23H,2,5-7,9-12,21H2,1,3-4H3/b13-8+/t15-,16?,17?,19+,20-/m0/s1. The number of hydrogen-bond acceptors (Lipinski definition) is 5. The molecule has 142 valence electrons. The molecule has 4 N–H and O–H groups in total. The zero-order chi connectivity index (χ0) is 18.8. The van der Waals surface area contributed by atoms with Crippen LogP contribution >= 0.6 is 0 Å². The Hall–Kier alpha value is -1.17. The first-order valence-corrected chi connectivity index (χ1v) is 9.25. The summed E-state index contributed by atoms with van der Waals surface area (Å²) in [6.07, 6.45) is 6.12. The van der Waals surface area contributed by atoms with E-state index in [0.717, 1.165) is 43.3 Å². The van der Waals surface area contributed by atoms with E-state index in [1.54, 1.807) is 0 Å². The van der Waals surface area contributed by atoms with Crippen LogP contribution in [0, 0.1) is 22.7 Å². The van der Waals surface area contributed by atoms with E-state index in [1.165, 1.54) is 0 Å². The number of aliphatic hydroxyl groups excluding tert-OH is 2. The molecule has 5 nitrogen and oxygen atoms in total. The SMILES string of the molecule is C=C1C(O)CC2[C@](C)(CCC[C@]2(C)C(=O)ON)[C@H]1CC/C(C)=C/CO. The minimum absolute atomic E-state index is 0.0115.